The number of fused-ring (bicyclic) bond motifs is 5. The van der Waals surface area contributed by atoms with Gasteiger partial charge in [0.15, 0.2) is 11.4 Å². The highest BCUT2D eigenvalue weighted by Gasteiger charge is 2.65. The van der Waals surface area contributed by atoms with Crippen molar-refractivity contribution in [1.29, 1.82) is 0 Å². The minimum Gasteiger partial charge on any atom is -0.444 e. The van der Waals surface area contributed by atoms with Gasteiger partial charge in [-0.25, -0.2) is 0 Å². The molecule has 5 aliphatic rings. The Hall–Kier alpha value is -1.64. The maximum atomic E-state index is 13.0. The lowest BCUT2D eigenvalue weighted by atomic mass is 9.46. The summed E-state index contributed by atoms with van der Waals surface area (Å²) in [6, 6.07) is 0. The van der Waals surface area contributed by atoms with E-state index in [-0.39, 0.29) is 16.8 Å². The van der Waals surface area contributed by atoms with Crippen molar-refractivity contribution in [2.24, 2.45) is 28.6 Å². The van der Waals surface area contributed by atoms with Crippen LogP contribution in [0, 0.1) is 40.9 Å². The summed E-state index contributed by atoms with van der Waals surface area (Å²) >= 11 is 0. The number of nitrogens with zero attached hydrogens (tertiary/aromatic N) is 1. The van der Waals surface area contributed by atoms with Gasteiger partial charge in [0.1, 0.15) is 0 Å². The molecule has 0 radical (unpaired) electrons. The Morgan fingerprint density at radius 1 is 1.16 bits per heavy atom. The van der Waals surface area contributed by atoms with Crippen molar-refractivity contribution in [3.63, 3.8) is 0 Å². The first kappa shape index (κ1) is 22.2. The Morgan fingerprint density at radius 3 is 2.66 bits per heavy atom. The Balaban J connectivity index is 1.36. The summed E-state index contributed by atoms with van der Waals surface area (Å²) in [5.41, 5.74) is 0.556. The number of terminal acetylenes is 1. The first-order chi connectivity index (χ1) is 15.3. The van der Waals surface area contributed by atoms with Gasteiger partial charge in [0.05, 0.1) is 19.8 Å². The largest absolute Gasteiger partial charge is 0.444 e. The van der Waals surface area contributed by atoms with Crippen LogP contribution in [0.5, 0.6) is 0 Å². The number of carbonyl (C=O) groups excluding carboxylic acids is 2. The topological polar surface area (TPSA) is 55.8 Å². The fraction of sp³-hybridized carbons (Fsp3) is 0.778. The SMILES string of the molecule is C#CC1(OC(=O)CN2CCOCC2)CC[C@H]2C3CCC4=CC(=O)CC[C@]4(C)[C@H]3CC[C@@]21C. The molecule has 32 heavy (non-hydrogen) atoms. The molecule has 4 fully saturated rings. The van der Waals surface area contributed by atoms with Crippen molar-refractivity contribution in [3.05, 3.63) is 11.6 Å². The first-order valence-electron chi connectivity index (χ1n) is 12.5. The normalized spacial score (nSPS) is 44.0. The lowest BCUT2D eigenvalue weighted by Gasteiger charge is -2.58. The molecular formula is C27H37NO4. The highest BCUT2D eigenvalue weighted by atomic mass is 16.6. The molecule has 0 N–H and O–H groups in total. The van der Waals surface area contributed by atoms with Crippen LogP contribution < -0.4 is 0 Å². The number of hydrogen-bond acceptors (Lipinski definition) is 5. The van der Waals surface area contributed by atoms with E-state index in [9.17, 15) is 9.59 Å². The van der Waals surface area contributed by atoms with Crippen LogP contribution in [0.15, 0.2) is 11.6 Å². The number of ether oxygens (including phenoxy) is 2. The molecule has 2 unspecified atom stereocenters. The van der Waals surface area contributed by atoms with Crippen molar-refractivity contribution < 1.29 is 19.1 Å². The van der Waals surface area contributed by atoms with Crippen LogP contribution in [0.3, 0.4) is 0 Å². The zero-order valence-corrected chi connectivity index (χ0v) is 19.7. The fourth-order valence-electron chi connectivity index (χ4n) is 8.16. The molecule has 0 aromatic heterocycles. The quantitative estimate of drug-likeness (QED) is 0.495. The molecule has 1 heterocycles. The number of morpholine rings is 1. The maximum absolute atomic E-state index is 13.0. The highest BCUT2D eigenvalue weighted by molar-refractivity contribution is 5.91. The van der Waals surface area contributed by atoms with E-state index in [1.54, 1.807) is 0 Å². The summed E-state index contributed by atoms with van der Waals surface area (Å²) in [4.78, 5) is 27.1. The second-order valence-corrected chi connectivity index (χ2v) is 11.3. The average Bonchev–Trinajstić information content (AvgIpc) is 3.07. The monoisotopic (exact) mass is 439 g/mol. The predicted molar refractivity (Wildman–Crippen MR) is 122 cm³/mol. The number of esters is 1. The molecule has 5 nitrogen and oxygen atoms in total. The van der Waals surface area contributed by atoms with Crippen LogP contribution in [0.1, 0.15) is 65.2 Å². The van der Waals surface area contributed by atoms with Gasteiger partial charge in [-0.05, 0) is 74.2 Å². The number of carbonyl (C=O) groups is 2. The molecule has 4 aliphatic carbocycles. The van der Waals surface area contributed by atoms with Crippen molar-refractivity contribution >= 4 is 11.8 Å². The summed E-state index contributed by atoms with van der Waals surface area (Å²) in [5.74, 6) is 4.79. The third kappa shape index (κ3) is 3.29. The average molecular weight is 440 g/mol. The standard InChI is InChI=1S/C27H37NO4/c1-4-27(32-24(30)18-28-13-15-31-16-14-28)12-9-23-21-6-5-19-17-20(29)7-10-25(19,2)22(21)8-11-26(23,27)3/h1,17,21-23H,5-16,18H2,2-3H3/t21?,22-,23-,25-,26-,27?/m0/s1. The Bertz CT molecular complexity index is 867. The van der Waals surface area contributed by atoms with E-state index in [0.717, 1.165) is 58.0 Å². The van der Waals surface area contributed by atoms with Crippen molar-refractivity contribution in [2.75, 3.05) is 32.8 Å². The van der Waals surface area contributed by atoms with Crippen LogP contribution in [0.25, 0.3) is 0 Å². The highest BCUT2D eigenvalue weighted by Crippen LogP contribution is 2.68. The molecule has 0 spiro atoms. The van der Waals surface area contributed by atoms with Gasteiger partial charge in [-0.1, -0.05) is 25.3 Å². The van der Waals surface area contributed by atoms with E-state index < -0.39 is 5.60 Å². The van der Waals surface area contributed by atoms with Crippen LogP contribution >= 0.6 is 0 Å². The molecule has 3 saturated carbocycles. The molecule has 0 aromatic carbocycles. The predicted octanol–water partition coefficient (Wildman–Crippen LogP) is 3.77. The zero-order chi connectivity index (χ0) is 22.6. The van der Waals surface area contributed by atoms with Gasteiger partial charge in [-0.2, -0.15) is 0 Å². The summed E-state index contributed by atoms with van der Waals surface area (Å²) in [7, 11) is 0. The van der Waals surface area contributed by atoms with Gasteiger partial charge in [0, 0.05) is 24.9 Å². The Morgan fingerprint density at radius 2 is 1.91 bits per heavy atom. The van der Waals surface area contributed by atoms with Crippen molar-refractivity contribution in [1.82, 2.24) is 4.90 Å². The van der Waals surface area contributed by atoms with Gasteiger partial charge in [0.2, 0.25) is 0 Å². The molecule has 1 aliphatic heterocycles. The van der Waals surface area contributed by atoms with Gasteiger partial charge in [-0.15, -0.1) is 6.42 Å². The molecular weight excluding hydrogens is 402 g/mol. The number of hydrogen-bond donors (Lipinski definition) is 0. The van der Waals surface area contributed by atoms with Gasteiger partial charge in [0.25, 0.3) is 0 Å². The van der Waals surface area contributed by atoms with E-state index in [0.29, 0.717) is 49.7 Å². The van der Waals surface area contributed by atoms with E-state index in [4.69, 9.17) is 15.9 Å². The van der Waals surface area contributed by atoms with Gasteiger partial charge < -0.3 is 9.47 Å². The summed E-state index contributed by atoms with van der Waals surface area (Å²) in [6.07, 6.45) is 15.8. The lowest BCUT2D eigenvalue weighted by molar-refractivity contribution is -0.173. The van der Waals surface area contributed by atoms with Crippen LogP contribution in [0.4, 0.5) is 0 Å². The van der Waals surface area contributed by atoms with Gasteiger partial charge >= 0.3 is 5.97 Å². The van der Waals surface area contributed by atoms with Gasteiger partial charge in [-0.3, -0.25) is 14.5 Å². The van der Waals surface area contributed by atoms with Crippen LogP contribution in [-0.2, 0) is 19.1 Å². The van der Waals surface area contributed by atoms with E-state index in [2.05, 4.69) is 24.7 Å². The van der Waals surface area contributed by atoms with Crippen molar-refractivity contribution in [3.8, 4) is 12.3 Å². The Kier molecular flexibility index (Phi) is 5.54. The third-order valence-electron chi connectivity index (χ3n) is 10.1. The molecule has 1 saturated heterocycles. The minimum atomic E-state index is -0.800. The van der Waals surface area contributed by atoms with E-state index in [1.807, 2.05) is 6.08 Å². The molecule has 174 valence electrons. The second-order valence-electron chi connectivity index (χ2n) is 11.3. The molecule has 0 bridgehead atoms. The minimum absolute atomic E-state index is 0.145. The maximum Gasteiger partial charge on any atom is 0.321 e. The summed E-state index contributed by atoms with van der Waals surface area (Å²) < 4.78 is 11.6. The molecule has 5 rings (SSSR count). The molecule has 6 atom stereocenters. The smallest absolute Gasteiger partial charge is 0.321 e. The second kappa shape index (κ2) is 7.99. The van der Waals surface area contributed by atoms with Crippen LogP contribution in [-0.4, -0.2) is 55.1 Å². The summed E-state index contributed by atoms with van der Waals surface area (Å²) in [5, 5.41) is 0. The molecule has 0 aromatic rings. The molecule has 0 amide bonds. The van der Waals surface area contributed by atoms with Crippen LogP contribution in [0.2, 0.25) is 0 Å². The summed E-state index contributed by atoms with van der Waals surface area (Å²) in [6.45, 7) is 7.84. The third-order valence-corrected chi connectivity index (χ3v) is 10.1. The fourth-order valence-corrected chi connectivity index (χ4v) is 8.16. The first-order valence-corrected chi connectivity index (χ1v) is 12.5. The lowest BCUT2D eigenvalue weighted by Crippen LogP contribution is -2.56. The molecule has 5 heteroatoms. The zero-order valence-electron chi connectivity index (χ0n) is 19.7. The number of rotatable bonds is 3. The Labute approximate surface area is 192 Å². The van der Waals surface area contributed by atoms with Crippen molar-refractivity contribution in [2.45, 2.75) is 70.8 Å². The number of allylic oxidation sites excluding steroid dienone is 1. The van der Waals surface area contributed by atoms with E-state index >= 15 is 0 Å². The number of ketones is 1. The van der Waals surface area contributed by atoms with E-state index in [1.165, 1.54) is 5.57 Å².